The maximum absolute atomic E-state index is 13.4. The third kappa shape index (κ3) is 4.57. The molecule has 1 amide bonds. The fourth-order valence-electron chi connectivity index (χ4n) is 3.15. The van der Waals surface area contributed by atoms with Crippen LogP contribution in [-0.2, 0) is 21.2 Å². The molecule has 0 aliphatic carbocycles. The van der Waals surface area contributed by atoms with Gasteiger partial charge < -0.3 is 4.90 Å². The topological polar surface area (TPSA) is 70.6 Å². The zero-order valence-electron chi connectivity index (χ0n) is 15.6. The molecule has 4 rings (SSSR count). The van der Waals surface area contributed by atoms with Gasteiger partial charge in [-0.1, -0.05) is 23.7 Å². The number of thiophene rings is 1. The van der Waals surface area contributed by atoms with Gasteiger partial charge in [-0.2, -0.15) is 4.31 Å². The number of carbonyl (C=O) groups excluding carboxylic acids is 1. The molecule has 0 spiro atoms. The lowest BCUT2D eigenvalue weighted by atomic mass is 10.2. The fourth-order valence-corrected chi connectivity index (χ4v) is 7.03. The van der Waals surface area contributed by atoms with Crippen molar-refractivity contribution in [2.75, 3.05) is 26.2 Å². The largest absolute Gasteiger partial charge is 0.340 e. The summed E-state index contributed by atoms with van der Waals surface area (Å²) in [5.74, 6) is -0.444. The number of carbonyl (C=O) groups is 1. The van der Waals surface area contributed by atoms with Gasteiger partial charge in [0.2, 0.25) is 5.91 Å². The number of benzene rings is 1. The average Bonchev–Trinajstić information content (AvgIpc) is 3.37. The Morgan fingerprint density at radius 3 is 2.60 bits per heavy atom. The minimum absolute atomic E-state index is 0.109. The molecule has 1 aromatic carbocycles. The van der Waals surface area contributed by atoms with E-state index in [-0.39, 0.29) is 35.4 Å². The first-order valence-electron chi connectivity index (χ1n) is 9.06. The monoisotopic (exact) mass is 485 g/mol. The number of amides is 1. The number of aromatic nitrogens is 1. The Balaban J connectivity index is 1.36. The third-order valence-corrected chi connectivity index (χ3v) is 9.23. The van der Waals surface area contributed by atoms with Gasteiger partial charge in [0.1, 0.15) is 15.0 Å². The summed E-state index contributed by atoms with van der Waals surface area (Å²) in [6.45, 7) is 1.10. The van der Waals surface area contributed by atoms with Gasteiger partial charge >= 0.3 is 0 Å². The van der Waals surface area contributed by atoms with E-state index < -0.39 is 10.0 Å². The van der Waals surface area contributed by atoms with Gasteiger partial charge in [-0.3, -0.25) is 4.79 Å². The van der Waals surface area contributed by atoms with Crippen molar-refractivity contribution in [1.82, 2.24) is 14.2 Å². The van der Waals surface area contributed by atoms with Gasteiger partial charge in [0.05, 0.1) is 16.5 Å². The molecule has 0 atom stereocenters. The predicted molar refractivity (Wildman–Crippen MR) is 116 cm³/mol. The Kier molecular flexibility index (Phi) is 6.21. The highest BCUT2D eigenvalue weighted by Crippen LogP contribution is 2.29. The van der Waals surface area contributed by atoms with Gasteiger partial charge in [0.15, 0.2) is 0 Å². The van der Waals surface area contributed by atoms with Crippen molar-refractivity contribution < 1.29 is 17.6 Å². The van der Waals surface area contributed by atoms with E-state index >= 15 is 0 Å². The van der Waals surface area contributed by atoms with Crippen molar-refractivity contribution >= 4 is 50.2 Å². The third-order valence-electron chi connectivity index (χ3n) is 4.69. The number of piperazine rings is 1. The molecule has 0 saturated carbocycles. The Labute approximate surface area is 186 Å². The molecule has 1 aliphatic heterocycles. The first-order chi connectivity index (χ1) is 14.3. The minimum atomic E-state index is -3.59. The van der Waals surface area contributed by atoms with Crippen LogP contribution in [0, 0.1) is 5.82 Å². The molecule has 0 bridgehead atoms. The molecular formula is C19H17ClFN3O3S3. The Bertz CT molecular complexity index is 1170. The first-order valence-corrected chi connectivity index (χ1v) is 12.6. The van der Waals surface area contributed by atoms with Gasteiger partial charge in [0, 0.05) is 37.1 Å². The number of halogens is 2. The second-order valence-electron chi connectivity index (χ2n) is 6.67. The lowest BCUT2D eigenvalue weighted by molar-refractivity contribution is -0.131. The molecule has 0 N–H and O–H groups in total. The van der Waals surface area contributed by atoms with Gasteiger partial charge in [-0.15, -0.1) is 22.7 Å². The molecular weight excluding hydrogens is 469 g/mol. The zero-order valence-corrected chi connectivity index (χ0v) is 18.8. The van der Waals surface area contributed by atoms with Crippen LogP contribution in [-0.4, -0.2) is 54.7 Å². The second kappa shape index (κ2) is 8.72. The molecule has 3 aromatic rings. The van der Waals surface area contributed by atoms with Crippen LogP contribution >= 0.6 is 34.3 Å². The predicted octanol–water partition coefficient (Wildman–Crippen LogP) is 3.74. The van der Waals surface area contributed by atoms with Crippen molar-refractivity contribution in [3.63, 3.8) is 0 Å². The molecule has 158 valence electrons. The molecule has 0 unspecified atom stereocenters. The van der Waals surface area contributed by atoms with Crippen LogP contribution in [0.25, 0.3) is 10.6 Å². The maximum Gasteiger partial charge on any atom is 0.252 e. The number of hydrogen-bond donors (Lipinski definition) is 0. The van der Waals surface area contributed by atoms with E-state index in [4.69, 9.17) is 11.6 Å². The number of nitrogens with zero attached hydrogens (tertiary/aromatic N) is 3. The van der Waals surface area contributed by atoms with Crippen LogP contribution < -0.4 is 0 Å². The van der Waals surface area contributed by atoms with E-state index in [0.717, 1.165) is 11.3 Å². The van der Waals surface area contributed by atoms with Crippen molar-refractivity contribution in [2.45, 2.75) is 10.6 Å². The summed E-state index contributed by atoms with van der Waals surface area (Å²) >= 11 is 8.24. The average molecular weight is 486 g/mol. The van der Waals surface area contributed by atoms with E-state index in [2.05, 4.69) is 4.98 Å². The van der Waals surface area contributed by atoms with E-state index in [1.807, 2.05) is 0 Å². The molecule has 11 heteroatoms. The van der Waals surface area contributed by atoms with E-state index in [0.29, 0.717) is 33.7 Å². The van der Waals surface area contributed by atoms with E-state index in [9.17, 15) is 17.6 Å². The number of rotatable bonds is 5. The maximum atomic E-state index is 13.4. The lowest BCUT2D eigenvalue weighted by Gasteiger charge is -2.33. The molecule has 0 radical (unpaired) electrons. The summed E-state index contributed by atoms with van der Waals surface area (Å²) in [5, 5.41) is 2.45. The zero-order chi connectivity index (χ0) is 21.3. The smallest absolute Gasteiger partial charge is 0.252 e. The van der Waals surface area contributed by atoms with E-state index in [1.54, 1.807) is 28.5 Å². The van der Waals surface area contributed by atoms with Gasteiger partial charge in [0.25, 0.3) is 10.0 Å². The second-order valence-corrected chi connectivity index (χ2v) is 11.4. The molecule has 6 nitrogen and oxygen atoms in total. The molecule has 1 saturated heterocycles. The first kappa shape index (κ1) is 21.4. The van der Waals surface area contributed by atoms with Crippen molar-refractivity contribution in [2.24, 2.45) is 0 Å². The molecule has 2 aromatic heterocycles. The molecule has 1 fully saturated rings. The number of sulfonamides is 1. The SMILES string of the molecule is O=C(Cc1csc(-c2cccc(F)c2)n1)N1CCN(S(=O)(=O)c2ccc(Cl)s2)CC1. The van der Waals surface area contributed by atoms with Crippen molar-refractivity contribution in [3.05, 3.63) is 57.6 Å². The standard InChI is InChI=1S/C19H17ClFN3O3S3/c20-16-4-5-18(29-16)30(26,27)24-8-6-23(7-9-24)17(25)11-15-12-28-19(22-15)13-2-1-3-14(21)10-13/h1-5,10,12H,6-9,11H2. The Hall–Kier alpha value is -1.85. The van der Waals surface area contributed by atoms with Crippen molar-refractivity contribution in [3.8, 4) is 10.6 Å². The molecule has 3 heterocycles. The van der Waals surface area contributed by atoms with Crippen LogP contribution in [0.2, 0.25) is 4.34 Å². The van der Waals surface area contributed by atoms with Gasteiger partial charge in [-0.05, 0) is 24.3 Å². The quantitative estimate of drug-likeness (QED) is 0.552. The summed E-state index contributed by atoms with van der Waals surface area (Å²) in [7, 11) is -3.59. The van der Waals surface area contributed by atoms with Crippen molar-refractivity contribution in [1.29, 1.82) is 0 Å². The number of hydrogen-bond acceptors (Lipinski definition) is 6. The Morgan fingerprint density at radius 1 is 1.17 bits per heavy atom. The van der Waals surface area contributed by atoms with Gasteiger partial charge in [-0.25, -0.2) is 17.8 Å². The highest BCUT2D eigenvalue weighted by atomic mass is 35.5. The minimum Gasteiger partial charge on any atom is -0.340 e. The highest BCUT2D eigenvalue weighted by molar-refractivity contribution is 7.91. The molecule has 1 aliphatic rings. The molecule has 30 heavy (non-hydrogen) atoms. The van der Waals surface area contributed by atoms with Crippen LogP contribution in [0.15, 0.2) is 46.0 Å². The van der Waals surface area contributed by atoms with Crippen LogP contribution in [0.4, 0.5) is 4.39 Å². The van der Waals surface area contributed by atoms with Crippen LogP contribution in [0.1, 0.15) is 5.69 Å². The van der Waals surface area contributed by atoms with Crippen LogP contribution in [0.5, 0.6) is 0 Å². The van der Waals surface area contributed by atoms with E-state index in [1.165, 1.54) is 33.8 Å². The summed E-state index contributed by atoms with van der Waals surface area (Å²) in [5.41, 5.74) is 1.29. The summed E-state index contributed by atoms with van der Waals surface area (Å²) in [6.07, 6.45) is 0.124. The summed E-state index contributed by atoms with van der Waals surface area (Å²) < 4.78 is 40.7. The number of thiazole rings is 1. The summed E-state index contributed by atoms with van der Waals surface area (Å²) in [4.78, 5) is 18.7. The normalized spacial score (nSPS) is 15.5. The van der Waals surface area contributed by atoms with Crippen LogP contribution in [0.3, 0.4) is 0 Å². The lowest BCUT2D eigenvalue weighted by Crippen LogP contribution is -2.50. The highest BCUT2D eigenvalue weighted by Gasteiger charge is 2.31. The summed E-state index contributed by atoms with van der Waals surface area (Å²) in [6, 6.07) is 9.23. The Morgan fingerprint density at radius 2 is 1.93 bits per heavy atom. The fraction of sp³-hybridized carbons (Fsp3) is 0.263.